The fourth-order valence-electron chi connectivity index (χ4n) is 4.80. The van der Waals surface area contributed by atoms with Gasteiger partial charge in [-0.25, -0.2) is 0 Å². The fraction of sp³-hybridized carbons (Fsp3) is 0.577. The van der Waals surface area contributed by atoms with Gasteiger partial charge in [0.2, 0.25) is 11.1 Å². The molecule has 15 heteroatoms. The molecule has 1 fully saturated rings. The van der Waals surface area contributed by atoms with Gasteiger partial charge in [-0.3, -0.25) is 9.36 Å². The Bertz CT molecular complexity index is 1380. The van der Waals surface area contributed by atoms with E-state index in [2.05, 4.69) is 0 Å². The number of nitrogens with zero attached hydrogens (tertiary/aromatic N) is 1. The summed E-state index contributed by atoms with van der Waals surface area (Å²) >= 11 is 12.9. The Morgan fingerprint density at radius 3 is 2.15 bits per heavy atom. The van der Waals surface area contributed by atoms with Gasteiger partial charge in [-0.2, -0.15) is 0 Å². The van der Waals surface area contributed by atoms with Crippen molar-refractivity contribution < 1.29 is 52.2 Å². The molecule has 228 valence electrons. The second-order valence-electron chi connectivity index (χ2n) is 9.17. The van der Waals surface area contributed by atoms with Crippen LogP contribution < -0.4 is 5.43 Å². The minimum atomic E-state index is -1.04. The van der Waals surface area contributed by atoms with E-state index >= 15 is 0 Å². The van der Waals surface area contributed by atoms with Gasteiger partial charge in [0.25, 0.3) is 0 Å². The highest BCUT2D eigenvalue weighted by atomic mass is 35.5. The molecule has 0 amide bonds. The van der Waals surface area contributed by atoms with Crippen molar-refractivity contribution in [3.8, 4) is 5.75 Å². The maximum atomic E-state index is 13.6. The maximum Gasteiger partial charge on any atom is 0.214 e. The van der Waals surface area contributed by atoms with Crippen LogP contribution in [0.1, 0.15) is 11.8 Å². The lowest BCUT2D eigenvalue weighted by Gasteiger charge is -2.46. The van der Waals surface area contributed by atoms with Crippen molar-refractivity contribution >= 4 is 45.3 Å². The van der Waals surface area contributed by atoms with Crippen molar-refractivity contribution in [2.24, 2.45) is 0 Å². The second-order valence-corrected chi connectivity index (χ2v) is 9.97. The zero-order valence-electron chi connectivity index (χ0n) is 23.2. The van der Waals surface area contributed by atoms with Crippen LogP contribution in [0, 0.1) is 6.92 Å². The van der Waals surface area contributed by atoms with Gasteiger partial charge in [0, 0.05) is 28.4 Å². The standard InChI is InChI=1S/C26H33Cl2NO12/c1-13-6-15(27)20(31)18-19(30)14-7-17(28)29(25(14)41-21(13)18)26-24(39-12-35-5)23(38-11-34-4)22(37-10-33-3)16(40-26)8-36-9-32-2/h6-7,16,22-24,26,31H,8-12H2,1-5H3/t16-,22-,23+,24-,26-/m1/s1. The van der Waals surface area contributed by atoms with Crippen molar-refractivity contribution in [1.29, 1.82) is 0 Å². The average Bonchev–Trinajstić information content (AvgIpc) is 3.29. The largest absolute Gasteiger partial charge is 0.505 e. The van der Waals surface area contributed by atoms with E-state index in [-0.39, 0.29) is 71.8 Å². The lowest BCUT2D eigenvalue weighted by molar-refractivity contribution is -0.311. The van der Waals surface area contributed by atoms with E-state index < -0.39 is 36.1 Å². The maximum absolute atomic E-state index is 13.6. The molecular formula is C26H33Cl2NO12. The Morgan fingerprint density at radius 2 is 1.51 bits per heavy atom. The van der Waals surface area contributed by atoms with Crippen LogP contribution in [-0.2, 0) is 42.6 Å². The molecular weight excluding hydrogens is 589 g/mol. The first-order valence-corrected chi connectivity index (χ1v) is 13.2. The number of phenols is 1. The number of aryl methyl sites for hydroxylation is 1. The molecule has 1 aromatic carbocycles. The molecule has 1 aliphatic heterocycles. The van der Waals surface area contributed by atoms with Crippen molar-refractivity contribution in [2.45, 2.75) is 37.6 Å². The molecule has 13 nitrogen and oxygen atoms in total. The number of ether oxygens (including phenoxy) is 9. The number of benzene rings is 1. The van der Waals surface area contributed by atoms with Gasteiger partial charge in [-0.15, -0.1) is 0 Å². The van der Waals surface area contributed by atoms with E-state index in [1.54, 1.807) is 6.92 Å². The third-order valence-corrected chi connectivity index (χ3v) is 7.07. The quantitative estimate of drug-likeness (QED) is 0.208. The van der Waals surface area contributed by atoms with Gasteiger partial charge in [0.1, 0.15) is 73.5 Å². The average molecular weight is 622 g/mol. The Hall–Kier alpha value is -2.01. The summed E-state index contributed by atoms with van der Waals surface area (Å²) < 4.78 is 58.5. The van der Waals surface area contributed by atoms with Crippen molar-refractivity contribution in [3.05, 3.63) is 38.1 Å². The summed E-state index contributed by atoms with van der Waals surface area (Å²) in [4.78, 5) is 13.6. The Kier molecular flexibility index (Phi) is 11.2. The van der Waals surface area contributed by atoms with Gasteiger partial charge in [0.15, 0.2) is 6.23 Å². The Labute approximate surface area is 245 Å². The number of halogens is 2. The first kappa shape index (κ1) is 31.9. The van der Waals surface area contributed by atoms with Crippen LogP contribution in [0.25, 0.3) is 22.1 Å². The Morgan fingerprint density at radius 1 is 0.902 bits per heavy atom. The highest BCUT2D eigenvalue weighted by molar-refractivity contribution is 6.33. The molecule has 1 aliphatic rings. The number of fused-ring (bicyclic) bond motifs is 2. The Balaban J connectivity index is 1.91. The summed E-state index contributed by atoms with van der Waals surface area (Å²) in [5.41, 5.74) is 0.219. The highest BCUT2D eigenvalue weighted by Crippen LogP contribution is 2.41. The second kappa shape index (κ2) is 14.4. The van der Waals surface area contributed by atoms with E-state index in [1.165, 1.54) is 45.1 Å². The molecule has 3 aromatic rings. The summed E-state index contributed by atoms with van der Waals surface area (Å²) in [5.74, 6) is -0.386. The summed E-state index contributed by atoms with van der Waals surface area (Å²) in [6.07, 6.45) is -4.34. The van der Waals surface area contributed by atoms with Gasteiger partial charge < -0.3 is 52.2 Å². The van der Waals surface area contributed by atoms with Crippen molar-refractivity contribution in [3.63, 3.8) is 0 Å². The van der Waals surface area contributed by atoms with E-state index in [0.29, 0.717) is 5.56 Å². The number of hydrogen-bond acceptors (Lipinski definition) is 12. The highest BCUT2D eigenvalue weighted by Gasteiger charge is 2.50. The predicted molar refractivity (Wildman–Crippen MR) is 146 cm³/mol. The van der Waals surface area contributed by atoms with Crippen molar-refractivity contribution in [2.75, 3.05) is 62.2 Å². The van der Waals surface area contributed by atoms with E-state index in [9.17, 15) is 9.90 Å². The number of aromatic hydroxyl groups is 1. The normalized spacial score (nSPS) is 23.1. The summed E-state index contributed by atoms with van der Waals surface area (Å²) in [6.45, 7) is 1.39. The third-order valence-electron chi connectivity index (χ3n) is 6.49. The van der Waals surface area contributed by atoms with E-state index in [1.807, 2.05) is 0 Å². The van der Waals surface area contributed by atoms with Crippen LogP contribution in [0.3, 0.4) is 0 Å². The molecule has 4 rings (SSSR count). The van der Waals surface area contributed by atoms with Crippen LogP contribution in [0.5, 0.6) is 5.75 Å². The number of phenolic OH excluding ortho intramolecular Hbond substituents is 1. The number of aromatic nitrogens is 1. The van der Waals surface area contributed by atoms with Crippen LogP contribution in [-0.4, -0.2) is 96.3 Å². The molecule has 0 aliphatic carbocycles. The molecule has 0 bridgehead atoms. The summed E-state index contributed by atoms with van der Waals surface area (Å²) in [7, 11) is 5.92. The zero-order valence-corrected chi connectivity index (χ0v) is 24.7. The SMILES string of the molecule is COCOC[C@H]1O[C@@H](n2c(Cl)cc3c(=O)c4c(O)c(Cl)cc(C)c4oc32)[C@H](OCOC)[C@@H](OCOC)[C@@H]1OCOC. The molecule has 41 heavy (non-hydrogen) atoms. The summed E-state index contributed by atoms with van der Waals surface area (Å²) in [6, 6.07) is 2.92. The molecule has 0 radical (unpaired) electrons. The fourth-order valence-corrected chi connectivity index (χ4v) is 5.34. The first-order chi connectivity index (χ1) is 19.8. The number of rotatable bonds is 14. The predicted octanol–water partition coefficient (Wildman–Crippen LogP) is 3.55. The zero-order chi connectivity index (χ0) is 29.7. The van der Waals surface area contributed by atoms with Crippen LogP contribution in [0.2, 0.25) is 10.2 Å². The lowest BCUT2D eigenvalue weighted by atomic mass is 9.97. The van der Waals surface area contributed by atoms with Gasteiger partial charge in [-0.1, -0.05) is 23.2 Å². The van der Waals surface area contributed by atoms with Gasteiger partial charge >= 0.3 is 0 Å². The third kappa shape index (κ3) is 6.50. The van der Waals surface area contributed by atoms with E-state index in [0.717, 1.165) is 0 Å². The van der Waals surface area contributed by atoms with Crippen LogP contribution in [0.4, 0.5) is 0 Å². The molecule has 3 heterocycles. The molecule has 0 spiro atoms. The number of methoxy groups -OCH3 is 4. The minimum Gasteiger partial charge on any atom is -0.505 e. The minimum absolute atomic E-state index is 0.00583. The molecule has 5 atom stereocenters. The van der Waals surface area contributed by atoms with E-state index in [4.69, 9.17) is 70.3 Å². The van der Waals surface area contributed by atoms with Gasteiger partial charge in [0.05, 0.1) is 17.0 Å². The van der Waals surface area contributed by atoms with Gasteiger partial charge in [-0.05, 0) is 24.6 Å². The van der Waals surface area contributed by atoms with Crippen molar-refractivity contribution in [1.82, 2.24) is 4.57 Å². The lowest BCUT2D eigenvalue weighted by Crippen LogP contribution is -2.60. The smallest absolute Gasteiger partial charge is 0.214 e. The molecule has 2 aromatic heterocycles. The molecule has 1 N–H and O–H groups in total. The van der Waals surface area contributed by atoms with Crippen LogP contribution >= 0.6 is 23.2 Å². The summed E-state index contributed by atoms with van der Waals surface area (Å²) in [5, 5.41) is 10.7. The molecule has 0 saturated carbocycles. The topological polar surface area (TPSA) is 138 Å². The number of hydrogen-bond donors (Lipinski definition) is 1. The van der Waals surface area contributed by atoms with Crippen LogP contribution in [0.15, 0.2) is 21.3 Å². The monoisotopic (exact) mass is 621 g/mol. The molecule has 0 unspecified atom stereocenters. The molecule has 1 saturated heterocycles. The first-order valence-electron chi connectivity index (χ1n) is 12.5.